The van der Waals surface area contributed by atoms with Crippen molar-refractivity contribution in [3.8, 4) is 11.5 Å². The molecule has 0 fully saturated rings. The molecule has 1 amide bonds. The minimum atomic E-state index is -2.92. The molecule has 0 saturated heterocycles. The van der Waals surface area contributed by atoms with Crippen LogP contribution in [0.5, 0.6) is 11.5 Å². The van der Waals surface area contributed by atoms with Crippen LogP contribution in [-0.2, 0) is 11.3 Å². The van der Waals surface area contributed by atoms with E-state index in [0.29, 0.717) is 17.9 Å². The van der Waals surface area contributed by atoms with Crippen molar-refractivity contribution in [2.75, 3.05) is 20.7 Å². The summed E-state index contributed by atoms with van der Waals surface area (Å²) >= 11 is 0. The van der Waals surface area contributed by atoms with E-state index >= 15 is 0 Å². The molecular formula is C14H21ClF2N2O3. The average molecular weight is 339 g/mol. The SMILES string of the molecule is CNCC(C)C(=O)NCc1cc(OC)ccc1OC(F)F.Cl. The first-order valence-electron chi connectivity index (χ1n) is 6.52. The molecule has 1 atom stereocenters. The van der Waals surface area contributed by atoms with E-state index in [9.17, 15) is 13.6 Å². The minimum Gasteiger partial charge on any atom is -0.497 e. The van der Waals surface area contributed by atoms with Gasteiger partial charge in [-0.1, -0.05) is 6.92 Å². The van der Waals surface area contributed by atoms with E-state index in [4.69, 9.17) is 4.74 Å². The van der Waals surface area contributed by atoms with Crippen LogP contribution in [-0.4, -0.2) is 33.2 Å². The number of amides is 1. The summed E-state index contributed by atoms with van der Waals surface area (Å²) in [6.07, 6.45) is 0. The van der Waals surface area contributed by atoms with E-state index < -0.39 is 6.61 Å². The Kier molecular flexibility index (Phi) is 9.44. The number of methoxy groups -OCH3 is 1. The lowest BCUT2D eigenvalue weighted by Crippen LogP contribution is -2.34. The highest BCUT2D eigenvalue weighted by Crippen LogP contribution is 2.25. The van der Waals surface area contributed by atoms with Crippen LogP contribution < -0.4 is 20.1 Å². The van der Waals surface area contributed by atoms with Crippen molar-refractivity contribution in [2.45, 2.75) is 20.1 Å². The van der Waals surface area contributed by atoms with E-state index in [2.05, 4.69) is 15.4 Å². The molecule has 0 aromatic heterocycles. The van der Waals surface area contributed by atoms with Crippen molar-refractivity contribution in [3.05, 3.63) is 23.8 Å². The van der Waals surface area contributed by atoms with Crippen molar-refractivity contribution in [1.29, 1.82) is 0 Å². The fraction of sp³-hybridized carbons (Fsp3) is 0.500. The maximum atomic E-state index is 12.4. The zero-order valence-corrected chi connectivity index (χ0v) is 13.5. The van der Waals surface area contributed by atoms with Crippen molar-refractivity contribution >= 4 is 18.3 Å². The Morgan fingerprint density at radius 2 is 2.05 bits per heavy atom. The van der Waals surface area contributed by atoms with Gasteiger partial charge in [0, 0.05) is 24.6 Å². The van der Waals surface area contributed by atoms with Gasteiger partial charge in [0.15, 0.2) is 0 Å². The molecule has 0 aliphatic rings. The summed E-state index contributed by atoms with van der Waals surface area (Å²) in [5.74, 6) is 0.131. The molecule has 0 saturated carbocycles. The third-order valence-electron chi connectivity index (χ3n) is 2.89. The normalized spacial score (nSPS) is 11.5. The first-order valence-corrected chi connectivity index (χ1v) is 6.52. The number of hydrogen-bond donors (Lipinski definition) is 2. The summed E-state index contributed by atoms with van der Waals surface area (Å²) in [5.41, 5.74) is 0.430. The molecular weight excluding hydrogens is 318 g/mol. The molecule has 8 heteroatoms. The van der Waals surface area contributed by atoms with Gasteiger partial charge in [-0.25, -0.2) is 0 Å². The second-order valence-electron chi connectivity index (χ2n) is 4.53. The highest BCUT2D eigenvalue weighted by Gasteiger charge is 2.14. The fourth-order valence-electron chi connectivity index (χ4n) is 1.79. The van der Waals surface area contributed by atoms with E-state index in [1.807, 2.05) is 0 Å². The minimum absolute atomic E-state index is 0. The molecule has 0 heterocycles. The predicted molar refractivity (Wildman–Crippen MR) is 81.8 cm³/mol. The van der Waals surface area contributed by atoms with E-state index in [1.54, 1.807) is 20.0 Å². The average Bonchev–Trinajstić information content (AvgIpc) is 2.45. The molecule has 0 bridgehead atoms. The maximum absolute atomic E-state index is 12.4. The number of benzene rings is 1. The van der Waals surface area contributed by atoms with Gasteiger partial charge in [0.05, 0.1) is 7.11 Å². The largest absolute Gasteiger partial charge is 0.497 e. The Balaban J connectivity index is 0.00000441. The molecule has 22 heavy (non-hydrogen) atoms. The molecule has 1 unspecified atom stereocenters. The Hall–Kier alpha value is -1.60. The molecule has 0 aliphatic carbocycles. The van der Waals surface area contributed by atoms with Crippen LogP contribution in [0.1, 0.15) is 12.5 Å². The first kappa shape index (κ1) is 20.4. The first-order chi connectivity index (χ1) is 9.97. The molecule has 2 N–H and O–H groups in total. The molecule has 0 radical (unpaired) electrons. The van der Waals surface area contributed by atoms with Gasteiger partial charge in [0.25, 0.3) is 0 Å². The van der Waals surface area contributed by atoms with Crippen LogP contribution in [0.3, 0.4) is 0 Å². The lowest BCUT2D eigenvalue weighted by atomic mass is 10.1. The number of halogens is 3. The molecule has 1 aromatic rings. The number of hydrogen-bond acceptors (Lipinski definition) is 4. The smallest absolute Gasteiger partial charge is 0.387 e. The zero-order chi connectivity index (χ0) is 15.8. The second kappa shape index (κ2) is 10.2. The van der Waals surface area contributed by atoms with Crippen LogP contribution in [0.25, 0.3) is 0 Å². The summed E-state index contributed by atoms with van der Waals surface area (Å²) < 4.78 is 34.2. The number of rotatable bonds is 8. The van der Waals surface area contributed by atoms with Crippen LogP contribution in [0.15, 0.2) is 18.2 Å². The van der Waals surface area contributed by atoms with Crippen molar-refractivity contribution in [1.82, 2.24) is 10.6 Å². The summed E-state index contributed by atoms with van der Waals surface area (Å²) in [4.78, 5) is 11.8. The number of carbonyl (C=O) groups is 1. The quantitative estimate of drug-likeness (QED) is 0.763. The lowest BCUT2D eigenvalue weighted by Gasteiger charge is -2.15. The summed E-state index contributed by atoms with van der Waals surface area (Å²) in [6, 6.07) is 4.47. The van der Waals surface area contributed by atoms with Gasteiger partial charge < -0.3 is 20.1 Å². The summed E-state index contributed by atoms with van der Waals surface area (Å²) in [7, 11) is 3.22. The third kappa shape index (κ3) is 6.44. The summed E-state index contributed by atoms with van der Waals surface area (Å²) in [5, 5.41) is 5.59. The van der Waals surface area contributed by atoms with Crippen LogP contribution in [0.2, 0.25) is 0 Å². The number of nitrogens with one attached hydrogen (secondary N) is 2. The number of carbonyl (C=O) groups excluding carboxylic acids is 1. The van der Waals surface area contributed by atoms with Gasteiger partial charge in [0.2, 0.25) is 5.91 Å². The highest BCUT2D eigenvalue weighted by atomic mass is 35.5. The monoisotopic (exact) mass is 338 g/mol. The van der Waals surface area contributed by atoms with Gasteiger partial charge in [-0.05, 0) is 25.2 Å². The molecule has 5 nitrogen and oxygen atoms in total. The third-order valence-corrected chi connectivity index (χ3v) is 2.89. The van der Waals surface area contributed by atoms with Crippen LogP contribution >= 0.6 is 12.4 Å². The molecule has 0 spiro atoms. The topological polar surface area (TPSA) is 59.6 Å². The van der Waals surface area contributed by atoms with Gasteiger partial charge in [-0.3, -0.25) is 4.79 Å². The van der Waals surface area contributed by atoms with Crippen LogP contribution in [0, 0.1) is 5.92 Å². The Morgan fingerprint density at radius 3 is 2.59 bits per heavy atom. The van der Waals surface area contributed by atoms with Crippen LogP contribution in [0.4, 0.5) is 8.78 Å². The summed E-state index contributed by atoms with van der Waals surface area (Å²) in [6.45, 7) is -0.527. The Labute approximate surface area is 134 Å². The molecule has 0 aliphatic heterocycles. The van der Waals surface area contributed by atoms with E-state index in [1.165, 1.54) is 19.2 Å². The highest BCUT2D eigenvalue weighted by molar-refractivity contribution is 5.85. The molecule has 1 rings (SSSR count). The van der Waals surface area contributed by atoms with Crippen molar-refractivity contribution in [3.63, 3.8) is 0 Å². The van der Waals surface area contributed by atoms with Gasteiger partial charge >= 0.3 is 6.61 Å². The van der Waals surface area contributed by atoms with Gasteiger partial charge in [0.1, 0.15) is 11.5 Å². The van der Waals surface area contributed by atoms with E-state index in [0.717, 1.165) is 0 Å². The second-order valence-corrected chi connectivity index (χ2v) is 4.53. The lowest BCUT2D eigenvalue weighted by molar-refractivity contribution is -0.124. The zero-order valence-electron chi connectivity index (χ0n) is 12.7. The fourth-order valence-corrected chi connectivity index (χ4v) is 1.79. The standard InChI is InChI=1S/C14H20F2N2O3.ClH/c1-9(7-17-2)13(19)18-8-10-6-11(20-3)4-5-12(10)21-14(15)16;/h4-6,9,14,17H,7-8H2,1-3H3,(H,18,19);1H. The maximum Gasteiger partial charge on any atom is 0.387 e. The van der Waals surface area contributed by atoms with E-state index in [-0.39, 0.29) is 36.5 Å². The van der Waals surface area contributed by atoms with Crippen molar-refractivity contribution < 1.29 is 23.0 Å². The predicted octanol–water partition coefficient (Wildman–Crippen LogP) is 2.19. The number of alkyl halides is 2. The van der Waals surface area contributed by atoms with Gasteiger partial charge in [-0.15, -0.1) is 12.4 Å². The number of ether oxygens (including phenoxy) is 2. The van der Waals surface area contributed by atoms with Crippen molar-refractivity contribution in [2.24, 2.45) is 5.92 Å². The Bertz CT molecular complexity index is 475. The Morgan fingerprint density at radius 1 is 1.36 bits per heavy atom. The molecule has 1 aromatic carbocycles. The van der Waals surface area contributed by atoms with Gasteiger partial charge in [-0.2, -0.15) is 8.78 Å². The molecule has 126 valence electrons.